The molecule has 2 aliphatic rings. The topological polar surface area (TPSA) is 165 Å². The molecular formula is C26H26ClN5O6S2. The number of alkyl halides is 1. The van der Waals surface area contributed by atoms with Gasteiger partial charge >= 0.3 is 5.97 Å². The molecule has 3 N–H and O–H groups in total. The van der Waals surface area contributed by atoms with E-state index in [9.17, 15) is 24.3 Å². The smallest absolute Gasteiger partial charge is 0.350 e. The van der Waals surface area contributed by atoms with Crippen LogP contribution in [0.15, 0.2) is 46.8 Å². The lowest BCUT2D eigenvalue weighted by Crippen LogP contribution is -2.61. The first kappa shape index (κ1) is 29.4. The van der Waals surface area contributed by atoms with Crippen LogP contribution in [0.25, 0.3) is 6.08 Å². The average molecular weight is 604 g/mol. The number of nitrogens with zero attached hydrogens (tertiary/aromatic N) is 4. The van der Waals surface area contributed by atoms with Crippen molar-refractivity contribution in [3.05, 3.63) is 58.6 Å². The highest BCUT2D eigenvalue weighted by Gasteiger charge is 2.53. The van der Waals surface area contributed by atoms with Gasteiger partial charge in [0.25, 0.3) is 0 Å². The molecule has 0 spiro atoms. The molecule has 0 saturated carbocycles. The van der Waals surface area contributed by atoms with Crippen LogP contribution in [-0.4, -0.2) is 65.2 Å². The number of carbonyl (C=O) groups excluding carboxylic acids is 3. The van der Waals surface area contributed by atoms with Crippen molar-refractivity contribution in [1.82, 2.24) is 14.3 Å². The number of nitrogens with two attached hydrogens (primary N) is 1. The maximum absolute atomic E-state index is 13.3. The molecule has 0 aliphatic carbocycles. The molecule has 1 aromatic carbocycles. The fraction of sp³-hybridized carbons (Fsp3) is 0.346. The van der Waals surface area contributed by atoms with Crippen molar-refractivity contribution in [2.75, 3.05) is 11.5 Å². The number of thioether (sulfide) groups is 1. The van der Waals surface area contributed by atoms with Gasteiger partial charge < -0.3 is 15.7 Å². The van der Waals surface area contributed by atoms with E-state index < -0.39 is 28.6 Å². The van der Waals surface area contributed by atoms with Gasteiger partial charge in [-0.2, -0.15) is 9.36 Å². The number of anilines is 1. The van der Waals surface area contributed by atoms with Crippen molar-refractivity contribution < 1.29 is 29.1 Å². The van der Waals surface area contributed by atoms with Gasteiger partial charge in [-0.25, -0.2) is 4.79 Å². The van der Waals surface area contributed by atoms with Gasteiger partial charge in [0.2, 0.25) is 17.3 Å². The third-order valence-corrected chi connectivity index (χ3v) is 8.47. The van der Waals surface area contributed by atoms with Gasteiger partial charge in [-0.05, 0) is 30.5 Å². The molecule has 11 nitrogen and oxygen atoms in total. The first-order chi connectivity index (χ1) is 18.9. The highest BCUT2D eigenvalue weighted by atomic mass is 35.5. The number of rotatable bonds is 11. The maximum Gasteiger partial charge on any atom is 0.350 e. The number of carbonyl (C=O) groups is 4. The molecule has 0 radical (unpaired) electrons. The van der Waals surface area contributed by atoms with E-state index in [1.807, 2.05) is 36.4 Å². The van der Waals surface area contributed by atoms with Crippen molar-refractivity contribution in [2.45, 2.75) is 44.0 Å². The minimum atomic E-state index is -1.73. The number of aliphatic carboxylic acids is 1. The maximum atomic E-state index is 13.3. The number of ketones is 2. The summed E-state index contributed by atoms with van der Waals surface area (Å²) in [7, 11) is 0. The fourth-order valence-corrected chi connectivity index (χ4v) is 6.02. The molecule has 210 valence electrons. The highest BCUT2D eigenvalue weighted by Crippen LogP contribution is 2.45. The molecule has 1 fully saturated rings. The Morgan fingerprint density at radius 1 is 1.27 bits per heavy atom. The Morgan fingerprint density at radius 2 is 1.98 bits per heavy atom. The van der Waals surface area contributed by atoms with Crippen molar-refractivity contribution in [2.24, 2.45) is 11.1 Å². The second kappa shape index (κ2) is 11.9. The standard InChI is InChI=1S/C26H26ClN5O6S2/c1-13(33)20-16(9-8-14-4-6-15(11-27)7-5-14)12-39-23-17(22(35)32(20)23)10-18(34)19(21-29-25(28)40-31-21)30-38-26(2,3)24(36)37/h4-9,17,23H,10-12H2,1-3H3,(H,36,37)(H2,28,29,31)/b9-8-,30-19+/t17-,23-/m1/s1. The van der Waals surface area contributed by atoms with Gasteiger partial charge in [0.05, 0.1) is 17.0 Å². The Bertz CT molecular complexity index is 1450. The first-order valence-corrected chi connectivity index (χ1v) is 14.4. The van der Waals surface area contributed by atoms with Crippen molar-refractivity contribution in [3.63, 3.8) is 0 Å². The summed E-state index contributed by atoms with van der Waals surface area (Å²) in [4.78, 5) is 61.1. The van der Waals surface area contributed by atoms with Crippen LogP contribution in [0.5, 0.6) is 0 Å². The van der Waals surface area contributed by atoms with Crippen molar-refractivity contribution in [1.29, 1.82) is 0 Å². The zero-order valence-electron chi connectivity index (χ0n) is 21.8. The molecule has 0 bridgehead atoms. The van der Waals surface area contributed by atoms with Crippen LogP contribution in [0.1, 0.15) is 44.1 Å². The van der Waals surface area contributed by atoms with Gasteiger partial charge in [0.1, 0.15) is 0 Å². The number of allylic oxidation sites excluding steroid dienone is 2. The zero-order valence-corrected chi connectivity index (χ0v) is 24.2. The average Bonchev–Trinajstić information content (AvgIpc) is 3.35. The molecule has 14 heteroatoms. The molecule has 2 aromatic rings. The molecule has 0 unspecified atom stereocenters. The van der Waals surface area contributed by atoms with Crippen molar-refractivity contribution in [3.8, 4) is 0 Å². The quantitative estimate of drug-likeness (QED) is 0.168. The summed E-state index contributed by atoms with van der Waals surface area (Å²) in [5.74, 6) is -2.50. The van der Waals surface area contributed by atoms with E-state index in [1.54, 1.807) is 0 Å². The molecule has 2 atom stereocenters. The molecule has 1 saturated heterocycles. The van der Waals surface area contributed by atoms with E-state index in [2.05, 4.69) is 14.5 Å². The minimum absolute atomic E-state index is 0.0774. The number of hydrogen-bond acceptors (Lipinski definition) is 11. The highest BCUT2D eigenvalue weighted by molar-refractivity contribution is 8.00. The molecular weight excluding hydrogens is 578 g/mol. The Balaban J connectivity index is 1.54. The zero-order chi connectivity index (χ0) is 29.2. The van der Waals surface area contributed by atoms with Crippen LogP contribution in [-0.2, 0) is 29.9 Å². The van der Waals surface area contributed by atoms with Gasteiger partial charge in [-0.3, -0.25) is 19.3 Å². The second-order valence-corrected chi connectivity index (χ2v) is 11.7. The van der Waals surface area contributed by atoms with E-state index in [0.29, 0.717) is 22.9 Å². The Labute approximate surface area is 243 Å². The fourth-order valence-electron chi connectivity index (χ4n) is 4.02. The summed E-state index contributed by atoms with van der Waals surface area (Å²) in [6.45, 7) is 3.94. The van der Waals surface area contributed by atoms with Crippen LogP contribution < -0.4 is 5.73 Å². The number of hydrogen-bond donors (Lipinski definition) is 2. The summed E-state index contributed by atoms with van der Waals surface area (Å²) in [5, 5.41) is 12.7. The lowest BCUT2D eigenvalue weighted by molar-refractivity contribution is -0.161. The van der Waals surface area contributed by atoms with Crippen molar-refractivity contribution >= 4 is 75.3 Å². The van der Waals surface area contributed by atoms with E-state index in [4.69, 9.17) is 22.2 Å². The van der Waals surface area contributed by atoms with Gasteiger partial charge in [0, 0.05) is 36.5 Å². The number of carboxylic acids is 1. The molecule has 3 heterocycles. The summed E-state index contributed by atoms with van der Waals surface area (Å²) < 4.78 is 3.99. The molecule has 4 rings (SSSR count). The van der Waals surface area contributed by atoms with E-state index in [-0.39, 0.29) is 34.8 Å². The lowest BCUT2D eigenvalue weighted by atomic mass is 9.88. The van der Waals surface area contributed by atoms with E-state index in [0.717, 1.165) is 22.7 Å². The van der Waals surface area contributed by atoms with Gasteiger partial charge in [0.15, 0.2) is 22.4 Å². The van der Waals surface area contributed by atoms with E-state index >= 15 is 0 Å². The molecule has 40 heavy (non-hydrogen) atoms. The van der Waals surface area contributed by atoms with Crippen LogP contribution >= 0.6 is 34.9 Å². The van der Waals surface area contributed by atoms with Gasteiger partial charge in [-0.1, -0.05) is 41.6 Å². The molecule has 1 amide bonds. The number of nitrogen functional groups attached to an aromatic ring is 1. The summed E-state index contributed by atoms with van der Waals surface area (Å²) in [5.41, 5.74) is 6.52. The monoisotopic (exact) mass is 603 g/mol. The summed E-state index contributed by atoms with van der Waals surface area (Å²) in [6, 6.07) is 7.67. The lowest BCUT2D eigenvalue weighted by Gasteiger charge is -2.49. The van der Waals surface area contributed by atoms with Crippen LogP contribution in [0.3, 0.4) is 0 Å². The predicted molar refractivity (Wildman–Crippen MR) is 153 cm³/mol. The number of Topliss-reactive ketones (excluding diaryl/α,β-unsaturated/α-hetero) is 2. The van der Waals surface area contributed by atoms with Crippen LogP contribution in [0, 0.1) is 5.92 Å². The number of halogens is 1. The number of β-lactam (4-membered cyclic amide) rings is 1. The summed E-state index contributed by atoms with van der Waals surface area (Å²) >= 11 is 8.13. The summed E-state index contributed by atoms with van der Waals surface area (Å²) in [6.07, 6.45) is 3.44. The predicted octanol–water partition coefficient (Wildman–Crippen LogP) is 3.49. The SMILES string of the molecule is CC(=O)C1=C(/C=C\c2ccc(CCl)cc2)CS[C@@H]2[C@H](CC(=O)/C(=N\OC(C)(C)C(=O)O)c3nsc(N)n3)C(=O)N12. The third-order valence-electron chi connectivity index (χ3n) is 6.26. The Morgan fingerprint density at radius 3 is 2.55 bits per heavy atom. The van der Waals surface area contributed by atoms with Crippen LogP contribution in [0.4, 0.5) is 5.13 Å². The van der Waals surface area contributed by atoms with Gasteiger partial charge in [-0.15, -0.1) is 23.4 Å². The number of aromatic nitrogens is 2. The number of fused-ring (bicyclic) bond motifs is 1. The molecule has 1 aromatic heterocycles. The number of carboxylic acid groups (broad SMARTS) is 1. The largest absolute Gasteiger partial charge is 0.478 e. The number of oxime groups is 1. The first-order valence-electron chi connectivity index (χ1n) is 12.1. The Kier molecular flexibility index (Phi) is 8.76. The minimum Gasteiger partial charge on any atom is -0.478 e. The van der Waals surface area contributed by atoms with Crippen LogP contribution in [0.2, 0.25) is 0 Å². The second-order valence-electron chi connectivity index (χ2n) is 9.59. The van der Waals surface area contributed by atoms with E-state index in [1.165, 1.54) is 37.4 Å². The number of amides is 1. The normalized spacial score (nSPS) is 19.4. The Hall–Kier alpha value is -3.55. The molecule has 2 aliphatic heterocycles. The third kappa shape index (κ3) is 6.11. The number of benzene rings is 1.